The van der Waals surface area contributed by atoms with Gasteiger partial charge in [0.05, 0.1) is 5.41 Å². The molecule has 162 valence electrons. The molecule has 1 aliphatic rings. The minimum absolute atomic E-state index is 0.0973. The van der Waals surface area contributed by atoms with E-state index < -0.39 is 5.41 Å². The summed E-state index contributed by atoms with van der Waals surface area (Å²) in [6, 6.07) is 8.18. The maximum absolute atomic E-state index is 13.5. The number of benzene rings is 1. The van der Waals surface area contributed by atoms with Crippen molar-refractivity contribution in [3.05, 3.63) is 48.0 Å². The van der Waals surface area contributed by atoms with Crippen LogP contribution >= 0.6 is 0 Å². The van der Waals surface area contributed by atoms with Crippen molar-refractivity contribution in [3.63, 3.8) is 0 Å². The number of hydrogen-bond acceptors (Lipinski definition) is 7. The van der Waals surface area contributed by atoms with Gasteiger partial charge in [-0.05, 0) is 24.0 Å². The molecular formula is C23H28N6O2. The van der Waals surface area contributed by atoms with Crippen molar-refractivity contribution in [1.29, 1.82) is 0 Å². The summed E-state index contributed by atoms with van der Waals surface area (Å²) in [5, 5.41) is 6.89. The number of nitrogen functional groups attached to an aromatic ring is 1. The molecule has 31 heavy (non-hydrogen) atoms. The largest absolute Gasteiger partial charge is 0.368 e. The van der Waals surface area contributed by atoms with Crippen LogP contribution in [0.3, 0.4) is 0 Å². The Morgan fingerprint density at radius 3 is 2.26 bits per heavy atom. The van der Waals surface area contributed by atoms with Crippen LogP contribution in [-0.2, 0) is 15.6 Å². The third-order valence-corrected chi connectivity index (χ3v) is 5.90. The predicted octanol–water partition coefficient (Wildman–Crippen LogP) is 4.25. The average molecular weight is 421 g/mol. The van der Waals surface area contributed by atoms with E-state index in [1.807, 2.05) is 45.0 Å². The fraction of sp³-hybridized carbons (Fsp3) is 0.435. The number of rotatable bonds is 4. The van der Waals surface area contributed by atoms with Crippen LogP contribution in [0.5, 0.6) is 0 Å². The summed E-state index contributed by atoms with van der Waals surface area (Å²) in [5.74, 6) is 0.712. The Morgan fingerprint density at radius 2 is 1.68 bits per heavy atom. The fourth-order valence-corrected chi connectivity index (χ4v) is 4.07. The molecule has 0 bridgehead atoms. The number of aromatic nitrogens is 4. The summed E-state index contributed by atoms with van der Waals surface area (Å²) in [5.41, 5.74) is 7.55. The van der Waals surface area contributed by atoms with Gasteiger partial charge in [-0.3, -0.25) is 10.1 Å². The molecule has 0 spiro atoms. The van der Waals surface area contributed by atoms with Gasteiger partial charge < -0.3 is 10.3 Å². The number of anilines is 2. The lowest BCUT2D eigenvalue weighted by molar-refractivity contribution is -0.122. The van der Waals surface area contributed by atoms with E-state index in [9.17, 15) is 4.79 Å². The van der Waals surface area contributed by atoms with Crippen LogP contribution in [0.25, 0.3) is 11.1 Å². The van der Waals surface area contributed by atoms with Crippen LogP contribution in [0.1, 0.15) is 64.3 Å². The number of amides is 1. The van der Waals surface area contributed by atoms with E-state index in [-0.39, 0.29) is 23.3 Å². The number of hydrogen-bond donors (Lipinski definition) is 2. The maximum atomic E-state index is 13.5. The monoisotopic (exact) mass is 420 g/mol. The van der Waals surface area contributed by atoms with Gasteiger partial charge in [0.15, 0.2) is 5.82 Å². The molecule has 0 atom stereocenters. The van der Waals surface area contributed by atoms with Crippen molar-refractivity contribution < 1.29 is 9.32 Å². The molecule has 1 aliphatic carbocycles. The molecule has 0 radical (unpaired) electrons. The van der Waals surface area contributed by atoms with E-state index >= 15 is 0 Å². The fourth-order valence-electron chi connectivity index (χ4n) is 4.07. The predicted molar refractivity (Wildman–Crippen MR) is 118 cm³/mol. The molecule has 2 heterocycles. The van der Waals surface area contributed by atoms with Gasteiger partial charge in [-0.1, -0.05) is 69.5 Å². The molecule has 3 aromatic rings. The van der Waals surface area contributed by atoms with E-state index in [2.05, 4.69) is 25.4 Å². The highest BCUT2D eigenvalue weighted by molar-refractivity contribution is 5.98. The van der Waals surface area contributed by atoms with Crippen LogP contribution in [0.4, 0.5) is 12.0 Å². The van der Waals surface area contributed by atoms with Crippen molar-refractivity contribution in [2.45, 2.75) is 63.7 Å². The van der Waals surface area contributed by atoms with Crippen molar-refractivity contribution in [2.24, 2.45) is 0 Å². The molecule has 3 N–H and O–H groups in total. The molecular weight excluding hydrogens is 392 g/mol. The molecule has 8 nitrogen and oxygen atoms in total. The van der Waals surface area contributed by atoms with E-state index in [4.69, 9.17) is 10.3 Å². The van der Waals surface area contributed by atoms with Crippen LogP contribution in [0.2, 0.25) is 0 Å². The Kier molecular flexibility index (Phi) is 5.47. The molecule has 1 saturated carbocycles. The lowest BCUT2D eigenvalue weighted by atomic mass is 9.68. The highest BCUT2D eigenvalue weighted by Gasteiger charge is 2.42. The van der Waals surface area contributed by atoms with Crippen LogP contribution in [0, 0.1) is 0 Å². The number of nitrogens with one attached hydrogen (secondary N) is 1. The van der Waals surface area contributed by atoms with E-state index in [1.54, 1.807) is 12.4 Å². The first-order chi connectivity index (χ1) is 14.8. The second kappa shape index (κ2) is 8.09. The van der Waals surface area contributed by atoms with Gasteiger partial charge in [0.25, 0.3) is 0 Å². The van der Waals surface area contributed by atoms with Gasteiger partial charge >= 0.3 is 6.01 Å². The van der Waals surface area contributed by atoms with Crippen LogP contribution in [0.15, 0.2) is 41.2 Å². The van der Waals surface area contributed by atoms with Gasteiger partial charge in [0, 0.05) is 23.4 Å². The van der Waals surface area contributed by atoms with Gasteiger partial charge in [0.2, 0.25) is 11.9 Å². The van der Waals surface area contributed by atoms with E-state index in [1.165, 1.54) is 0 Å². The third kappa shape index (κ3) is 4.28. The summed E-state index contributed by atoms with van der Waals surface area (Å²) in [6.07, 6.45) is 8.08. The first kappa shape index (κ1) is 21.0. The van der Waals surface area contributed by atoms with Crippen molar-refractivity contribution >= 4 is 17.9 Å². The van der Waals surface area contributed by atoms with E-state index in [0.717, 1.165) is 48.8 Å². The minimum Gasteiger partial charge on any atom is -0.368 e. The van der Waals surface area contributed by atoms with Gasteiger partial charge in [-0.25, -0.2) is 9.97 Å². The Hall–Kier alpha value is -3.29. The SMILES string of the molecule is CC(C)(C)c1noc(NC(=O)C2(c3ccc(-c4cnc(N)nc4)cc3)CCCCC2)n1. The molecule has 1 amide bonds. The number of carbonyl (C=O) groups is 1. The molecule has 2 aromatic heterocycles. The zero-order chi connectivity index (χ0) is 22.1. The maximum Gasteiger partial charge on any atom is 0.328 e. The zero-order valence-electron chi connectivity index (χ0n) is 18.2. The lowest BCUT2D eigenvalue weighted by Gasteiger charge is -2.36. The molecule has 1 aromatic carbocycles. The Balaban J connectivity index is 1.60. The molecule has 1 fully saturated rings. The Labute approximate surface area is 181 Å². The lowest BCUT2D eigenvalue weighted by Crippen LogP contribution is -2.42. The zero-order valence-corrected chi connectivity index (χ0v) is 18.2. The van der Waals surface area contributed by atoms with Crippen molar-refractivity contribution in [1.82, 2.24) is 20.1 Å². The summed E-state index contributed by atoms with van der Waals surface area (Å²) in [7, 11) is 0. The smallest absolute Gasteiger partial charge is 0.328 e. The van der Waals surface area contributed by atoms with Gasteiger partial charge in [-0.15, -0.1) is 0 Å². The topological polar surface area (TPSA) is 120 Å². The third-order valence-electron chi connectivity index (χ3n) is 5.90. The van der Waals surface area contributed by atoms with E-state index in [0.29, 0.717) is 5.82 Å². The van der Waals surface area contributed by atoms with Crippen molar-refractivity contribution in [2.75, 3.05) is 11.1 Å². The standard InChI is InChI=1S/C23H28N6O2/c1-22(2,3)18-27-21(31-29-18)28-19(30)23(11-5-4-6-12-23)17-9-7-15(8-10-17)16-13-25-20(24)26-14-16/h7-10,13-14H,4-6,11-12H2,1-3H3,(H2,24,25,26)(H,27,28,29,30). The van der Waals surface area contributed by atoms with Gasteiger partial charge in [0.1, 0.15) is 0 Å². The summed E-state index contributed by atoms with van der Waals surface area (Å²) < 4.78 is 5.30. The molecule has 0 aliphatic heterocycles. The highest BCUT2D eigenvalue weighted by atomic mass is 16.5. The molecule has 0 saturated heterocycles. The number of carbonyl (C=O) groups excluding carboxylic acids is 1. The van der Waals surface area contributed by atoms with Crippen molar-refractivity contribution in [3.8, 4) is 11.1 Å². The summed E-state index contributed by atoms with van der Waals surface area (Å²) in [6.45, 7) is 6.00. The quantitative estimate of drug-likeness (QED) is 0.647. The Morgan fingerprint density at radius 1 is 1.03 bits per heavy atom. The van der Waals surface area contributed by atoms with Crippen LogP contribution < -0.4 is 11.1 Å². The average Bonchev–Trinajstić information content (AvgIpc) is 3.24. The summed E-state index contributed by atoms with van der Waals surface area (Å²) in [4.78, 5) is 25.9. The summed E-state index contributed by atoms with van der Waals surface area (Å²) >= 11 is 0. The molecule has 0 unspecified atom stereocenters. The van der Waals surface area contributed by atoms with Gasteiger partial charge in [-0.2, -0.15) is 4.98 Å². The molecule has 8 heteroatoms. The first-order valence-corrected chi connectivity index (χ1v) is 10.6. The Bertz CT molecular complexity index is 1040. The minimum atomic E-state index is -0.620. The number of nitrogens with two attached hydrogens (primary N) is 1. The van der Waals surface area contributed by atoms with Crippen LogP contribution in [-0.4, -0.2) is 26.0 Å². The highest BCUT2D eigenvalue weighted by Crippen LogP contribution is 2.41. The molecule has 4 rings (SSSR count). The second-order valence-electron chi connectivity index (χ2n) is 9.18. The number of nitrogens with zero attached hydrogens (tertiary/aromatic N) is 4. The normalized spacial score (nSPS) is 16.1. The first-order valence-electron chi connectivity index (χ1n) is 10.6. The second-order valence-corrected chi connectivity index (χ2v) is 9.18.